The molecule has 0 heterocycles. The van der Waals surface area contributed by atoms with Crippen LogP contribution in [0.4, 0.5) is 4.39 Å². The number of carbonyl (C=O) groups excluding carboxylic acids is 1. The summed E-state index contributed by atoms with van der Waals surface area (Å²) < 4.78 is 17.6. The molecule has 0 atom stereocenters. The van der Waals surface area contributed by atoms with Gasteiger partial charge in [0, 0.05) is 11.6 Å². The van der Waals surface area contributed by atoms with Crippen LogP contribution in [0.15, 0.2) is 36.4 Å². The van der Waals surface area contributed by atoms with Crippen molar-refractivity contribution in [2.45, 2.75) is 13.3 Å². The maximum Gasteiger partial charge on any atom is 0.338 e. The molecule has 74 valence electrons. The second-order valence-electron chi connectivity index (χ2n) is 2.80. The molecule has 0 saturated heterocycles. The maximum atomic E-state index is 12.7. The van der Waals surface area contributed by atoms with Gasteiger partial charge in [-0.15, -0.1) is 0 Å². The van der Waals surface area contributed by atoms with Gasteiger partial charge in [0.15, 0.2) is 0 Å². The molecular weight excluding hydrogens is 183 g/mol. The Bertz CT molecular complexity index is 358. The van der Waals surface area contributed by atoms with Crippen LogP contribution in [0, 0.1) is 5.82 Å². The predicted molar refractivity (Wildman–Crippen MR) is 51.5 cm³/mol. The Morgan fingerprint density at radius 2 is 2.29 bits per heavy atom. The Kier molecular flexibility index (Phi) is 3.40. The number of hydrogen-bond acceptors (Lipinski definition) is 2. The molecule has 0 bridgehead atoms. The molecule has 1 rings (SSSR count). The monoisotopic (exact) mass is 194 g/mol. The summed E-state index contributed by atoms with van der Waals surface area (Å²) in [6.45, 7) is 5.32. The van der Waals surface area contributed by atoms with E-state index in [2.05, 4.69) is 6.58 Å². The van der Waals surface area contributed by atoms with Crippen LogP contribution in [0.2, 0.25) is 0 Å². The van der Waals surface area contributed by atoms with E-state index >= 15 is 0 Å². The summed E-state index contributed by atoms with van der Waals surface area (Å²) in [6, 6.07) is 5.43. The lowest BCUT2D eigenvalue weighted by molar-refractivity contribution is -0.130. The SMILES string of the molecule is C=C(CC)C(=O)Oc1cccc(F)c1. The molecule has 1 aromatic rings. The summed E-state index contributed by atoms with van der Waals surface area (Å²) in [5.41, 5.74) is 0.370. The van der Waals surface area contributed by atoms with Crippen LogP contribution in [0.1, 0.15) is 13.3 Å². The van der Waals surface area contributed by atoms with Gasteiger partial charge in [-0.1, -0.05) is 19.6 Å². The zero-order valence-corrected chi connectivity index (χ0v) is 7.92. The smallest absolute Gasteiger partial charge is 0.338 e. The van der Waals surface area contributed by atoms with E-state index in [-0.39, 0.29) is 5.75 Å². The minimum absolute atomic E-state index is 0.199. The lowest BCUT2D eigenvalue weighted by Crippen LogP contribution is -2.09. The topological polar surface area (TPSA) is 26.3 Å². The third-order valence-corrected chi connectivity index (χ3v) is 1.72. The molecule has 3 heteroatoms. The fourth-order valence-electron chi connectivity index (χ4n) is 0.854. The first kappa shape index (κ1) is 10.4. The zero-order valence-electron chi connectivity index (χ0n) is 7.92. The lowest BCUT2D eigenvalue weighted by atomic mass is 10.2. The summed E-state index contributed by atoms with van der Waals surface area (Å²) in [5, 5.41) is 0. The van der Waals surface area contributed by atoms with Gasteiger partial charge in [0.2, 0.25) is 0 Å². The quantitative estimate of drug-likeness (QED) is 0.420. The second kappa shape index (κ2) is 4.56. The highest BCUT2D eigenvalue weighted by Crippen LogP contribution is 2.13. The normalized spacial score (nSPS) is 9.57. The molecule has 0 unspecified atom stereocenters. The zero-order chi connectivity index (χ0) is 10.6. The van der Waals surface area contributed by atoms with Crippen molar-refractivity contribution < 1.29 is 13.9 Å². The number of carbonyl (C=O) groups is 1. The van der Waals surface area contributed by atoms with Crippen molar-refractivity contribution in [3.8, 4) is 5.75 Å². The summed E-state index contributed by atoms with van der Waals surface area (Å²) in [5.74, 6) is -0.750. The van der Waals surface area contributed by atoms with Gasteiger partial charge in [0.05, 0.1) is 0 Å². The standard InChI is InChI=1S/C11H11FO2/c1-3-8(2)11(13)14-10-6-4-5-9(12)7-10/h4-7H,2-3H2,1H3. The minimum atomic E-state index is -0.516. The van der Waals surface area contributed by atoms with Gasteiger partial charge in [-0.25, -0.2) is 9.18 Å². The summed E-state index contributed by atoms with van der Waals surface area (Å²) in [6.07, 6.45) is 0.522. The third-order valence-electron chi connectivity index (χ3n) is 1.72. The molecule has 14 heavy (non-hydrogen) atoms. The Balaban J connectivity index is 2.70. The Morgan fingerprint density at radius 1 is 1.57 bits per heavy atom. The fourth-order valence-corrected chi connectivity index (χ4v) is 0.854. The molecule has 0 aromatic heterocycles. The van der Waals surface area contributed by atoms with Crippen molar-refractivity contribution in [2.75, 3.05) is 0 Å². The summed E-state index contributed by atoms with van der Waals surface area (Å²) >= 11 is 0. The van der Waals surface area contributed by atoms with Gasteiger partial charge < -0.3 is 4.74 Å². The van der Waals surface area contributed by atoms with Crippen molar-refractivity contribution in [2.24, 2.45) is 0 Å². The first-order valence-corrected chi connectivity index (χ1v) is 4.29. The van der Waals surface area contributed by atoms with Crippen LogP contribution in [0.3, 0.4) is 0 Å². The Morgan fingerprint density at radius 3 is 2.86 bits per heavy atom. The molecule has 0 saturated carbocycles. The highest BCUT2D eigenvalue weighted by molar-refractivity contribution is 5.89. The molecule has 0 spiro atoms. The molecular formula is C11H11FO2. The number of esters is 1. The average Bonchev–Trinajstić information content (AvgIpc) is 2.16. The molecule has 0 radical (unpaired) electrons. The van der Waals surface area contributed by atoms with Crippen LogP contribution in [0.25, 0.3) is 0 Å². The Hall–Kier alpha value is -1.64. The highest BCUT2D eigenvalue weighted by Gasteiger charge is 2.07. The molecule has 0 fully saturated rings. The number of benzene rings is 1. The van der Waals surface area contributed by atoms with Crippen molar-refractivity contribution in [1.82, 2.24) is 0 Å². The van der Waals surface area contributed by atoms with Crippen LogP contribution in [-0.4, -0.2) is 5.97 Å². The van der Waals surface area contributed by atoms with Gasteiger partial charge in [0.1, 0.15) is 11.6 Å². The molecule has 0 aliphatic carbocycles. The van der Waals surface area contributed by atoms with Gasteiger partial charge in [-0.2, -0.15) is 0 Å². The van der Waals surface area contributed by atoms with E-state index in [1.807, 2.05) is 0 Å². The van der Waals surface area contributed by atoms with Crippen LogP contribution >= 0.6 is 0 Å². The van der Waals surface area contributed by atoms with E-state index < -0.39 is 11.8 Å². The van der Waals surface area contributed by atoms with Crippen molar-refractivity contribution >= 4 is 5.97 Å². The van der Waals surface area contributed by atoms with E-state index in [1.54, 1.807) is 6.92 Å². The highest BCUT2D eigenvalue weighted by atomic mass is 19.1. The first-order valence-electron chi connectivity index (χ1n) is 4.29. The summed E-state index contributed by atoms with van der Waals surface area (Å²) in [4.78, 5) is 11.2. The molecule has 0 aliphatic rings. The van der Waals surface area contributed by atoms with E-state index in [9.17, 15) is 9.18 Å². The van der Waals surface area contributed by atoms with Crippen LogP contribution in [0.5, 0.6) is 5.75 Å². The second-order valence-corrected chi connectivity index (χ2v) is 2.80. The van der Waals surface area contributed by atoms with Gasteiger partial charge in [0.25, 0.3) is 0 Å². The van der Waals surface area contributed by atoms with E-state index in [0.717, 1.165) is 6.07 Å². The van der Waals surface area contributed by atoms with Crippen LogP contribution in [-0.2, 0) is 4.79 Å². The van der Waals surface area contributed by atoms with Gasteiger partial charge >= 0.3 is 5.97 Å². The third kappa shape index (κ3) is 2.69. The van der Waals surface area contributed by atoms with Crippen molar-refractivity contribution in [1.29, 1.82) is 0 Å². The largest absolute Gasteiger partial charge is 0.423 e. The van der Waals surface area contributed by atoms with E-state index in [0.29, 0.717) is 12.0 Å². The van der Waals surface area contributed by atoms with Crippen molar-refractivity contribution in [3.63, 3.8) is 0 Å². The fraction of sp³-hybridized carbons (Fsp3) is 0.182. The number of hydrogen-bond donors (Lipinski definition) is 0. The molecule has 2 nitrogen and oxygen atoms in total. The van der Waals surface area contributed by atoms with E-state index in [1.165, 1.54) is 18.2 Å². The number of rotatable bonds is 3. The number of halogens is 1. The molecule has 0 amide bonds. The van der Waals surface area contributed by atoms with Gasteiger partial charge in [-0.05, 0) is 18.6 Å². The van der Waals surface area contributed by atoms with Crippen molar-refractivity contribution in [3.05, 3.63) is 42.2 Å². The summed E-state index contributed by atoms with van der Waals surface area (Å²) in [7, 11) is 0. The van der Waals surface area contributed by atoms with E-state index in [4.69, 9.17) is 4.74 Å². The average molecular weight is 194 g/mol. The minimum Gasteiger partial charge on any atom is -0.423 e. The molecule has 0 aliphatic heterocycles. The Labute approximate surface area is 82.0 Å². The molecule has 0 N–H and O–H groups in total. The predicted octanol–water partition coefficient (Wildman–Crippen LogP) is 2.70. The van der Waals surface area contributed by atoms with Gasteiger partial charge in [-0.3, -0.25) is 0 Å². The number of ether oxygens (including phenoxy) is 1. The first-order chi connectivity index (χ1) is 6.63. The maximum absolute atomic E-state index is 12.7. The van der Waals surface area contributed by atoms with Crippen LogP contribution < -0.4 is 4.74 Å². The lowest BCUT2D eigenvalue weighted by Gasteiger charge is -2.04. The molecule has 1 aromatic carbocycles.